The molecule has 7 nitrogen and oxygen atoms in total. The second-order valence-electron chi connectivity index (χ2n) is 3.69. The van der Waals surface area contributed by atoms with E-state index in [-0.39, 0.29) is 12.1 Å². The minimum Gasteiger partial charge on any atom is -0.345 e. The van der Waals surface area contributed by atoms with Gasteiger partial charge in [0.2, 0.25) is 5.91 Å². The number of aromatic nitrogens is 2. The number of nitrogens with one attached hydrogen (secondary N) is 1. The lowest BCUT2D eigenvalue weighted by Crippen LogP contribution is -2.38. The van der Waals surface area contributed by atoms with Gasteiger partial charge in [0.1, 0.15) is 25.0 Å². The number of hydrogen-bond donors (Lipinski definition) is 1. The minimum absolute atomic E-state index is 0.155. The van der Waals surface area contributed by atoms with Gasteiger partial charge in [-0.1, -0.05) is 6.92 Å². The van der Waals surface area contributed by atoms with Crippen molar-refractivity contribution in [2.24, 2.45) is 0 Å². The molecule has 1 aromatic rings. The zero-order valence-corrected chi connectivity index (χ0v) is 9.85. The molecule has 1 amide bonds. The lowest BCUT2D eigenvalue weighted by Gasteiger charge is -2.15. The maximum atomic E-state index is 12.0. The zero-order chi connectivity index (χ0) is 14.6. The summed E-state index contributed by atoms with van der Waals surface area (Å²) in [5, 5.41) is 15.8. The van der Waals surface area contributed by atoms with Gasteiger partial charge in [0.05, 0.1) is 4.92 Å². The summed E-state index contributed by atoms with van der Waals surface area (Å²) in [6.45, 7) is 0.108. The van der Waals surface area contributed by atoms with Crippen LogP contribution in [0.2, 0.25) is 0 Å². The Morgan fingerprint density at radius 2 is 2.26 bits per heavy atom. The summed E-state index contributed by atoms with van der Waals surface area (Å²) >= 11 is 0. The molecule has 1 atom stereocenters. The van der Waals surface area contributed by atoms with Gasteiger partial charge >= 0.3 is 11.9 Å². The molecule has 1 aromatic heterocycles. The van der Waals surface area contributed by atoms with Gasteiger partial charge in [0.15, 0.2) is 0 Å². The van der Waals surface area contributed by atoms with E-state index in [1.807, 2.05) is 0 Å². The van der Waals surface area contributed by atoms with Crippen LogP contribution in [0.15, 0.2) is 12.4 Å². The highest BCUT2D eigenvalue weighted by Crippen LogP contribution is 2.17. The number of nitro groups is 1. The standard InChI is InChI=1S/C9H11F3N4O3/c1-2-7(8(17)13-5-9(10,11)12)15-4-6(3-14-15)16(18)19/h3-4,7H,2,5H2,1H3,(H,13,17). The molecule has 0 aliphatic heterocycles. The molecule has 0 spiro atoms. The lowest BCUT2D eigenvalue weighted by molar-refractivity contribution is -0.385. The molecule has 10 heteroatoms. The number of halogens is 3. The summed E-state index contributed by atoms with van der Waals surface area (Å²) in [6, 6.07) is -1.02. The third kappa shape index (κ3) is 4.23. The van der Waals surface area contributed by atoms with Gasteiger partial charge in [-0.2, -0.15) is 18.3 Å². The maximum absolute atomic E-state index is 12.0. The average Bonchev–Trinajstić information content (AvgIpc) is 2.76. The number of carbonyl (C=O) groups is 1. The Labute approximate surface area is 105 Å². The summed E-state index contributed by atoms with van der Waals surface area (Å²) in [5.74, 6) is -0.891. The molecule has 1 unspecified atom stereocenters. The van der Waals surface area contributed by atoms with E-state index in [2.05, 4.69) is 5.10 Å². The Morgan fingerprint density at radius 3 is 2.68 bits per heavy atom. The van der Waals surface area contributed by atoms with Gasteiger partial charge in [0.25, 0.3) is 0 Å². The molecular weight excluding hydrogens is 269 g/mol. The fraction of sp³-hybridized carbons (Fsp3) is 0.556. The molecule has 0 aromatic carbocycles. The van der Waals surface area contributed by atoms with E-state index in [9.17, 15) is 28.1 Å². The van der Waals surface area contributed by atoms with Crippen molar-refractivity contribution in [3.05, 3.63) is 22.5 Å². The fourth-order valence-corrected chi connectivity index (χ4v) is 1.39. The third-order valence-corrected chi connectivity index (χ3v) is 2.27. The monoisotopic (exact) mass is 280 g/mol. The van der Waals surface area contributed by atoms with Gasteiger partial charge in [-0.05, 0) is 6.42 Å². The van der Waals surface area contributed by atoms with Gasteiger partial charge in [-0.15, -0.1) is 0 Å². The lowest BCUT2D eigenvalue weighted by atomic mass is 10.2. The fourth-order valence-electron chi connectivity index (χ4n) is 1.39. The second kappa shape index (κ2) is 5.67. The van der Waals surface area contributed by atoms with Crippen LogP contribution in [0.1, 0.15) is 19.4 Å². The molecule has 106 valence electrons. The zero-order valence-electron chi connectivity index (χ0n) is 9.85. The summed E-state index contributed by atoms with van der Waals surface area (Å²) in [7, 11) is 0. The molecule has 0 aliphatic carbocycles. The van der Waals surface area contributed by atoms with Crippen LogP contribution >= 0.6 is 0 Å². The largest absolute Gasteiger partial charge is 0.405 e. The van der Waals surface area contributed by atoms with E-state index in [0.717, 1.165) is 17.1 Å². The van der Waals surface area contributed by atoms with Crippen LogP contribution in [0, 0.1) is 10.1 Å². The van der Waals surface area contributed by atoms with Gasteiger partial charge in [-0.3, -0.25) is 19.6 Å². The summed E-state index contributed by atoms with van der Waals surface area (Å²) < 4.78 is 36.9. The molecule has 1 rings (SSSR count). The predicted molar refractivity (Wildman–Crippen MR) is 57.3 cm³/mol. The van der Waals surface area contributed by atoms with Crippen LogP contribution in [0.5, 0.6) is 0 Å². The van der Waals surface area contributed by atoms with E-state index in [4.69, 9.17) is 0 Å². The van der Waals surface area contributed by atoms with E-state index >= 15 is 0 Å². The first-order chi connectivity index (χ1) is 8.74. The smallest absolute Gasteiger partial charge is 0.345 e. The number of hydrogen-bond acceptors (Lipinski definition) is 4. The first-order valence-electron chi connectivity index (χ1n) is 5.27. The van der Waals surface area contributed by atoms with Crippen molar-refractivity contribution in [1.82, 2.24) is 15.1 Å². The van der Waals surface area contributed by atoms with Crippen molar-refractivity contribution in [3.63, 3.8) is 0 Å². The van der Waals surface area contributed by atoms with Crippen LogP contribution in [0.25, 0.3) is 0 Å². The van der Waals surface area contributed by atoms with Crippen LogP contribution in [0.3, 0.4) is 0 Å². The molecular formula is C9H11F3N4O3. The summed E-state index contributed by atoms with van der Waals surface area (Å²) in [6.07, 6.45) is -2.42. The minimum atomic E-state index is -4.51. The number of carbonyl (C=O) groups excluding carboxylic acids is 1. The van der Waals surface area contributed by atoms with Crippen LogP contribution in [0.4, 0.5) is 18.9 Å². The van der Waals surface area contributed by atoms with Crippen molar-refractivity contribution in [2.45, 2.75) is 25.6 Å². The highest BCUT2D eigenvalue weighted by Gasteiger charge is 2.30. The van der Waals surface area contributed by atoms with Crippen LogP contribution in [-0.4, -0.2) is 33.3 Å². The second-order valence-corrected chi connectivity index (χ2v) is 3.69. The Bertz CT molecular complexity index is 472. The highest BCUT2D eigenvalue weighted by molar-refractivity contribution is 5.80. The number of amides is 1. The molecule has 1 heterocycles. The Kier molecular flexibility index (Phi) is 4.46. The molecule has 19 heavy (non-hydrogen) atoms. The van der Waals surface area contributed by atoms with Crippen LogP contribution < -0.4 is 5.32 Å². The molecule has 1 N–H and O–H groups in total. The van der Waals surface area contributed by atoms with Crippen molar-refractivity contribution < 1.29 is 22.9 Å². The summed E-state index contributed by atoms with van der Waals surface area (Å²) in [5.41, 5.74) is -0.331. The quantitative estimate of drug-likeness (QED) is 0.652. The number of nitrogens with zero attached hydrogens (tertiary/aromatic N) is 3. The SMILES string of the molecule is CCC(C(=O)NCC(F)(F)F)n1cc([N+](=O)[O-])cn1. The maximum Gasteiger partial charge on any atom is 0.405 e. The topological polar surface area (TPSA) is 90.1 Å². The highest BCUT2D eigenvalue weighted by atomic mass is 19.4. The first kappa shape index (κ1) is 14.9. The molecule has 0 saturated heterocycles. The third-order valence-electron chi connectivity index (χ3n) is 2.27. The first-order valence-corrected chi connectivity index (χ1v) is 5.27. The van der Waals surface area contributed by atoms with Crippen molar-refractivity contribution in [1.29, 1.82) is 0 Å². The Hall–Kier alpha value is -2.13. The molecule has 0 saturated carbocycles. The van der Waals surface area contributed by atoms with Crippen molar-refractivity contribution in [3.8, 4) is 0 Å². The van der Waals surface area contributed by atoms with E-state index in [1.54, 1.807) is 12.2 Å². The number of alkyl halides is 3. The van der Waals surface area contributed by atoms with Gasteiger partial charge in [0, 0.05) is 0 Å². The Morgan fingerprint density at radius 1 is 1.63 bits per heavy atom. The van der Waals surface area contributed by atoms with E-state index in [1.165, 1.54) is 0 Å². The molecule has 0 radical (unpaired) electrons. The van der Waals surface area contributed by atoms with Crippen molar-refractivity contribution in [2.75, 3.05) is 6.54 Å². The molecule has 0 bridgehead atoms. The molecule has 0 fully saturated rings. The number of rotatable bonds is 5. The molecule has 0 aliphatic rings. The van der Waals surface area contributed by atoms with E-state index < -0.39 is 29.6 Å². The predicted octanol–water partition coefficient (Wildman–Crippen LogP) is 1.42. The van der Waals surface area contributed by atoms with Crippen LogP contribution in [-0.2, 0) is 4.79 Å². The summed E-state index contributed by atoms with van der Waals surface area (Å²) in [4.78, 5) is 21.3. The van der Waals surface area contributed by atoms with Gasteiger partial charge < -0.3 is 5.32 Å². The van der Waals surface area contributed by atoms with E-state index in [0.29, 0.717) is 0 Å². The van der Waals surface area contributed by atoms with Crippen molar-refractivity contribution >= 4 is 11.6 Å². The van der Waals surface area contributed by atoms with Gasteiger partial charge in [-0.25, -0.2) is 0 Å². The normalized spacial score (nSPS) is 13.1. The average molecular weight is 280 g/mol. The Balaban J connectivity index is 2.76.